The van der Waals surface area contributed by atoms with E-state index in [0.29, 0.717) is 5.92 Å². The van der Waals surface area contributed by atoms with Crippen LogP contribution in [0.2, 0.25) is 5.02 Å². The lowest BCUT2D eigenvalue weighted by molar-refractivity contribution is 0.0853. The van der Waals surface area contributed by atoms with E-state index in [-0.39, 0.29) is 0 Å². The van der Waals surface area contributed by atoms with Crippen LogP contribution in [0.15, 0.2) is 42.6 Å². The van der Waals surface area contributed by atoms with Gasteiger partial charge in [-0.1, -0.05) is 17.7 Å². The molecule has 27 heavy (non-hydrogen) atoms. The summed E-state index contributed by atoms with van der Waals surface area (Å²) in [4.78, 5) is 8.12. The first-order chi connectivity index (χ1) is 13.2. The Hall–Kier alpha value is -2.50. The summed E-state index contributed by atoms with van der Waals surface area (Å²) in [6, 6.07) is 12.5. The number of rotatable bonds is 3. The Morgan fingerprint density at radius 3 is 2.89 bits per heavy atom. The van der Waals surface area contributed by atoms with Crippen LogP contribution in [-0.2, 0) is 11.8 Å². The molecule has 1 fully saturated rings. The summed E-state index contributed by atoms with van der Waals surface area (Å²) in [7, 11) is 2.04. The van der Waals surface area contributed by atoms with Gasteiger partial charge in [-0.3, -0.25) is 0 Å². The number of benzene rings is 2. The first-order valence-corrected chi connectivity index (χ1v) is 9.64. The summed E-state index contributed by atoms with van der Waals surface area (Å²) in [6.45, 7) is 1.70. The number of hydrogen-bond acceptors (Lipinski definition) is 3. The lowest BCUT2D eigenvalue weighted by Gasteiger charge is -2.22. The van der Waals surface area contributed by atoms with E-state index < -0.39 is 0 Å². The van der Waals surface area contributed by atoms with Crippen LogP contribution in [0.4, 0.5) is 11.6 Å². The van der Waals surface area contributed by atoms with Gasteiger partial charge in [0.15, 0.2) is 0 Å². The van der Waals surface area contributed by atoms with Crippen molar-refractivity contribution in [3.05, 3.63) is 53.2 Å². The van der Waals surface area contributed by atoms with E-state index in [1.807, 2.05) is 31.4 Å². The summed E-state index contributed by atoms with van der Waals surface area (Å²) in [5.41, 5.74) is 5.50. The average Bonchev–Trinajstić information content (AvgIpc) is 3.23. The molecular formula is C21H21ClN4O. The number of hydrogen-bond donors (Lipinski definition) is 2. The third-order valence-corrected chi connectivity index (χ3v) is 5.72. The zero-order chi connectivity index (χ0) is 18.4. The Morgan fingerprint density at radius 2 is 2.04 bits per heavy atom. The quantitative estimate of drug-likeness (QED) is 0.504. The largest absolute Gasteiger partial charge is 0.381 e. The molecule has 4 aromatic rings. The van der Waals surface area contributed by atoms with E-state index in [0.717, 1.165) is 64.7 Å². The minimum Gasteiger partial charge on any atom is -0.381 e. The van der Waals surface area contributed by atoms with Crippen LogP contribution >= 0.6 is 11.6 Å². The molecule has 5 rings (SSSR count). The molecule has 1 saturated heterocycles. The highest BCUT2D eigenvalue weighted by Crippen LogP contribution is 2.32. The van der Waals surface area contributed by atoms with Crippen molar-refractivity contribution in [1.82, 2.24) is 14.5 Å². The highest BCUT2D eigenvalue weighted by atomic mass is 35.5. The van der Waals surface area contributed by atoms with E-state index in [1.165, 1.54) is 5.56 Å². The van der Waals surface area contributed by atoms with Crippen molar-refractivity contribution in [2.75, 3.05) is 18.5 Å². The number of nitrogens with zero attached hydrogens (tertiary/aromatic N) is 2. The molecule has 1 aliphatic heterocycles. The summed E-state index contributed by atoms with van der Waals surface area (Å²) >= 11 is 6.17. The lowest BCUT2D eigenvalue weighted by atomic mass is 9.91. The van der Waals surface area contributed by atoms with Gasteiger partial charge in [0, 0.05) is 42.4 Å². The molecule has 6 heteroatoms. The number of aryl methyl sites for hydroxylation is 1. The SMILES string of the molecule is Cn1c(Nc2c[nH]c3ccc(Cl)cc23)nc2cc(C3CCOCC3)ccc21. The van der Waals surface area contributed by atoms with E-state index in [4.69, 9.17) is 21.3 Å². The Balaban J connectivity index is 1.51. The van der Waals surface area contributed by atoms with Crippen molar-refractivity contribution in [1.29, 1.82) is 0 Å². The molecule has 3 heterocycles. The predicted octanol–water partition coefficient (Wildman–Crippen LogP) is 5.35. The van der Waals surface area contributed by atoms with Crippen LogP contribution in [0, 0.1) is 0 Å². The second-order valence-electron chi connectivity index (χ2n) is 7.15. The van der Waals surface area contributed by atoms with Gasteiger partial charge in [-0.05, 0) is 54.7 Å². The fraction of sp³-hybridized carbons (Fsp3) is 0.286. The summed E-state index contributed by atoms with van der Waals surface area (Å²) in [5.74, 6) is 1.38. The van der Waals surface area contributed by atoms with Gasteiger partial charge in [0.05, 0.1) is 16.7 Å². The molecule has 0 amide bonds. The molecule has 0 radical (unpaired) electrons. The van der Waals surface area contributed by atoms with Gasteiger partial charge in [-0.15, -0.1) is 0 Å². The molecule has 1 aliphatic rings. The summed E-state index contributed by atoms with van der Waals surface area (Å²) in [6.07, 6.45) is 4.12. The van der Waals surface area contributed by atoms with Gasteiger partial charge in [0.1, 0.15) is 0 Å². The number of anilines is 2. The Bertz CT molecular complexity index is 1120. The number of aromatic nitrogens is 3. The normalized spacial score (nSPS) is 15.6. The predicted molar refractivity (Wildman–Crippen MR) is 110 cm³/mol. The van der Waals surface area contributed by atoms with Crippen LogP contribution in [0.5, 0.6) is 0 Å². The van der Waals surface area contributed by atoms with Crippen molar-refractivity contribution in [3.63, 3.8) is 0 Å². The number of aromatic amines is 1. The van der Waals surface area contributed by atoms with Crippen LogP contribution < -0.4 is 5.32 Å². The van der Waals surface area contributed by atoms with Gasteiger partial charge >= 0.3 is 0 Å². The molecule has 138 valence electrons. The second kappa shape index (κ2) is 6.59. The van der Waals surface area contributed by atoms with Crippen LogP contribution in [-0.4, -0.2) is 27.7 Å². The molecule has 2 aromatic heterocycles. The Kier molecular flexibility index (Phi) is 4.06. The molecule has 2 N–H and O–H groups in total. The third-order valence-electron chi connectivity index (χ3n) is 5.49. The first-order valence-electron chi connectivity index (χ1n) is 9.27. The standard InChI is InChI=1S/C21H21ClN4O/c1-26-20-5-2-14(13-6-8-27-9-7-13)10-18(20)24-21(26)25-19-12-23-17-4-3-15(22)11-16(17)19/h2-5,10-13,23H,6-9H2,1H3,(H,24,25). The molecule has 0 aliphatic carbocycles. The number of imidazole rings is 1. The number of halogens is 1. The van der Waals surface area contributed by atoms with Crippen molar-refractivity contribution in [3.8, 4) is 0 Å². The zero-order valence-electron chi connectivity index (χ0n) is 15.1. The van der Waals surface area contributed by atoms with Crippen LogP contribution in [0.25, 0.3) is 21.9 Å². The van der Waals surface area contributed by atoms with Gasteiger partial charge in [-0.2, -0.15) is 0 Å². The van der Waals surface area contributed by atoms with Gasteiger partial charge < -0.3 is 19.6 Å². The van der Waals surface area contributed by atoms with E-state index >= 15 is 0 Å². The minimum atomic E-state index is 0.567. The van der Waals surface area contributed by atoms with Crippen molar-refractivity contribution < 1.29 is 4.74 Å². The number of nitrogens with one attached hydrogen (secondary N) is 2. The highest BCUT2D eigenvalue weighted by molar-refractivity contribution is 6.31. The molecule has 0 unspecified atom stereocenters. The number of fused-ring (bicyclic) bond motifs is 2. The maximum absolute atomic E-state index is 6.17. The molecule has 5 nitrogen and oxygen atoms in total. The second-order valence-corrected chi connectivity index (χ2v) is 7.58. The first kappa shape index (κ1) is 16.7. The number of H-pyrrole nitrogens is 1. The van der Waals surface area contributed by atoms with E-state index in [9.17, 15) is 0 Å². The molecule has 2 aromatic carbocycles. The third kappa shape index (κ3) is 2.97. The molecule has 0 bridgehead atoms. The average molecular weight is 381 g/mol. The highest BCUT2D eigenvalue weighted by Gasteiger charge is 2.18. The smallest absolute Gasteiger partial charge is 0.208 e. The van der Waals surface area contributed by atoms with Crippen LogP contribution in [0.3, 0.4) is 0 Å². The monoisotopic (exact) mass is 380 g/mol. The Labute approximate surface area is 162 Å². The lowest BCUT2D eigenvalue weighted by Crippen LogP contribution is -2.13. The van der Waals surface area contributed by atoms with E-state index in [1.54, 1.807) is 0 Å². The van der Waals surface area contributed by atoms with Gasteiger partial charge in [0.2, 0.25) is 5.95 Å². The summed E-state index contributed by atoms with van der Waals surface area (Å²) in [5, 5.41) is 5.22. The van der Waals surface area contributed by atoms with Crippen LogP contribution in [0.1, 0.15) is 24.3 Å². The van der Waals surface area contributed by atoms with Crippen molar-refractivity contribution in [2.24, 2.45) is 7.05 Å². The van der Waals surface area contributed by atoms with Crippen molar-refractivity contribution in [2.45, 2.75) is 18.8 Å². The molecule has 0 atom stereocenters. The van der Waals surface area contributed by atoms with Gasteiger partial charge in [0.25, 0.3) is 0 Å². The molecule has 0 saturated carbocycles. The zero-order valence-corrected chi connectivity index (χ0v) is 15.9. The van der Waals surface area contributed by atoms with Crippen molar-refractivity contribution >= 4 is 45.2 Å². The van der Waals surface area contributed by atoms with E-state index in [2.05, 4.69) is 33.1 Å². The maximum Gasteiger partial charge on any atom is 0.208 e. The van der Waals surface area contributed by atoms with Gasteiger partial charge in [-0.25, -0.2) is 4.98 Å². The molecule has 0 spiro atoms. The minimum absolute atomic E-state index is 0.567. The fourth-order valence-electron chi connectivity index (χ4n) is 3.93. The maximum atomic E-state index is 6.17. The fourth-order valence-corrected chi connectivity index (χ4v) is 4.10. The topological polar surface area (TPSA) is 54.9 Å². The molecular weight excluding hydrogens is 360 g/mol. The Morgan fingerprint density at radius 1 is 1.19 bits per heavy atom. The number of ether oxygens (including phenoxy) is 1. The summed E-state index contributed by atoms with van der Waals surface area (Å²) < 4.78 is 7.58.